The lowest BCUT2D eigenvalue weighted by molar-refractivity contribution is -0.950. The summed E-state index contributed by atoms with van der Waals surface area (Å²) in [5.74, 6) is 1.90. The van der Waals surface area contributed by atoms with Crippen LogP contribution in [0.2, 0.25) is 0 Å². The Hall–Kier alpha value is -2.04. The molecule has 2 heterocycles. The largest absolute Gasteiger partial charge is 0.496 e. The molecule has 2 bridgehead atoms. The molecule has 2 fully saturated rings. The third-order valence-electron chi connectivity index (χ3n) is 7.86. The van der Waals surface area contributed by atoms with Gasteiger partial charge in [-0.1, -0.05) is 36.4 Å². The second-order valence-electron chi connectivity index (χ2n) is 9.67. The Balaban J connectivity index is 1.75. The molecule has 2 atom stereocenters. The van der Waals surface area contributed by atoms with Gasteiger partial charge in [0, 0.05) is 24.0 Å². The first kappa shape index (κ1) is 21.2. The van der Waals surface area contributed by atoms with E-state index in [2.05, 4.69) is 14.1 Å². The van der Waals surface area contributed by atoms with Crippen molar-refractivity contribution in [3.63, 3.8) is 0 Å². The Labute approximate surface area is 181 Å². The van der Waals surface area contributed by atoms with Crippen LogP contribution in [-0.2, 0) is 5.60 Å². The van der Waals surface area contributed by atoms with Gasteiger partial charge in [0.25, 0.3) is 0 Å². The fourth-order valence-electron chi connectivity index (χ4n) is 6.12. The van der Waals surface area contributed by atoms with Crippen molar-refractivity contribution < 1.29 is 19.1 Å². The molecule has 162 valence electrons. The van der Waals surface area contributed by atoms with Crippen LogP contribution in [0.3, 0.4) is 0 Å². The molecule has 2 aromatic rings. The standard InChI is InChI=1S/C26H36NO3/c1-27(2)20-10-9-11-21(27)17-19(16-20)18-26(28,22-12-5-7-14-24(22)29-3)23-13-6-8-15-25(23)30-4/h5-8,12-15,19-21,28H,9-11,16-18H2,1-4H3/q+1. The number of aliphatic hydroxyl groups is 1. The van der Waals surface area contributed by atoms with Crippen molar-refractivity contribution in [2.24, 2.45) is 5.92 Å². The molecule has 1 N–H and O–H groups in total. The molecule has 2 saturated heterocycles. The van der Waals surface area contributed by atoms with Gasteiger partial charge in [0.05, 0.1) is 40.4 Å². The lowest BCUT2D eigenvalue weighted by Gasteiger charge is -2.54. The van der Waals surface area contributed by atoms with E-state index in [1.54, 1.807) is 14.2 Å². The zero-order valence-electron chi connectivity index (χ0n) is 18.8. The Morgan fingerprint density at radius 1 is 0.867 bits per heavy atom. The van der Waals surface area contributed by atoms with Crippen LogP contribution < -0.4 is 9.47 Å². The number of rotatable bonds is 6. The first-order valence-electron chi connectivity index (χ1n) is 11.2. The topological polar surface area (TPSA) is 38.7 Å². The highest BCUT2D eigenvalue weighted by Crippen LogP contribution is 2.49. The minimum absolute atomic E-state index is 0.464. The number of hydrogen-bond acceptors (Lipinski definition) is 3. The summed E-state index contributed by atoms with van der Waals surface area (Å²) in [6.45, 7) is 0. The highest BCUT2D eigenvalue weighted by atomic mass is 16.5. The van der Waals surface area contributed by atoms with E-state index in [1.165, 1.54) is 19.3 Å². The predicted molar refractivity (Wildman–Crippen MR) is 120 cm³/mol. The summed E-state index contributed by atoms with van der Waals surface area (Å²) in [5, 5.41) is 12.4. The van der Waals surface area contributed by atoms with E-state index >= 15 is 0 Å². The van der Waals surface area contributed by atoms with E-state index in [1.807, 2.05) is 48.5 Å². The van der Waals surface area contributed by atoms with Gasteiger partial charge in [-0.25, -0.2) is 0 Å². The van der Waals surface area contributed by atoms with Crippen LogP contribution in [0.5, 0.6) is 11.5 Å². The summed E-state index contributed by atoms with van der Waals surface area (Å²) >= 11 is 0. The van der Waals surface area contributed by atoms with Gasteiger partial charge in [-0.3, -0.25) is 0 Å². The first-order chi connectivity index (χ1) is 14.4. The van der Waals surface area contributed by atoms with E-state index in [4.69, 9.17) is 9.47 Å². The van der Waals surface area contributed by atoms with Crippen LogP contribution in [0.15, 0.2) is 48.5 Å². The molecule has 2 unspecified atom stereocenters. The van der Waals surface area contributed by atoms with E-state index < -0.39 is 5.60 Å². The molecule has 2 aliphatic heterocycles. The molecule has 0 saturated carbocycles. The number of ether oxygens (including phenoxy) is 2. The number of methoxy groups -OCH3 is 2. The Kier molecular flexibility index (Phi) is 5.82. The number of piperidine rings is 2. The smallest absolute Gasteiger partial charge is 0.125 e. The van der Waals surface area contributed by atoms with Gasteiger partial charge in [-0.05, 0) is 43.7 Å². The minimum atomic E-state index is -1.16. The second kappa shape index (κ2) is 8.24. The van der Waals surface area contributed by atoms with Crippen molar-refractivity contribution in [1.29, 1.82) is 0 Å². The quantitative estimate of drug-likeness (QED) is 0.699. The second-order valence-corrected chi connectivity index (χ2v) is 9.67. The maximum atomic E-state index is 12.4. The summed E-state index contributed by atoms with van der Waals surface area (Å²) < 4.78 is 12.5. The zero-order valence-corrected chi connectivity index (χ0v) is 18.8. The Bertz CT molecular complexity index is 815. The number of quaternary nitrogens is 1. The average molecular weight is 411 g/mol. The molecule has 2 aromatic carbocycles. The third-order valence-corrected chi connectivity index (χ3v) is 7.86. The minimum Gasteiger partial charge on any atom is -0.496 e. The van der Waals surface area contributed by atoms with Crippen LogP contribution in [-0.4, -0.2) is 50.0 Å². The molecule has 0 spiro atoms. The molecular weight excluding hydrogens is 374 g/mol. The molecule has 2 aliphatic rings. The number of nitrogens with zero attached hydrogens (tertiary/aromatic N) is 1. The molecule has 4 rings (SSSR count). The van der Waals surface area contributed by atoms with Crippen LogP contribution >= 0.6 is 0 Å². The zero-order chi connectivity index (χ0) is 21.4. The summed E-state index contributed by atoms with van der Waals surface area (Å²) in [7, 11) is 8.15. The maximum Gasteiger partial charge on any atom is 0.125 e. The molecule has 0 aliphatic carbocycles. The van der Waals surface area contributed by atoms with Crippen molar-refractivity contribution in [2.75, 3.05) is 28.3 Å². The molecular formula is C26H36NO3+. The van der Waals surface area contributed by atoms with Crippen molar-refractivity contribution in [3.8, 4) is 11.5 Å². The number of para-hydroxylation sites is 2. The fourth-order valence-corrected chi connectivity index (χ4v) is 6.12. The van der Waals surface area contributed by atoms with E-state index in [-0.39, 0.29) is 0 Å². The molecule has 4 heteroatoms. The monoisotopic (exact) mass is 410 g/mol. The first-order valence-corrected chi connectivity index (χ1v) is 11.2. The van der Waals surface area contributed by atoms with Gasteiger partial charge in [-0.15, -0.1) is 0 Å². The van der Waals surface area contributed by atoms with Crippen LogP contribution in [0.25, 0.3) is 0 Å². The van der Waals surface area contributed by atoms with Gasteiger partial charge >= 0.3 is 0 Å². The van der Waals surface area contributed by atoms with Gasteiger partial charge < -0.3 is 19.1 Å². The lowest BCUT2D eigenvalue weighted by Crippen LogP contribution is -2.62. The summed E-state index contributed by atoms with van der Waals surface area (Å²) in [5.41, 5.74) is 0.482. The van der Waals surface area contributed by atoms with Crippen LogP contribution in [0.4, 0.5) is 0 Å². The predicted octanol–water partition coefficient (Wildman–Crippen LogP) is 4.74. The average Bonchev–Trinajstić information content (AvgIpc) is 2.74. The lowest BCUT2D eigenvalue weighted by atomic mass is 9.70. The molecule has 0 aromatic heterocycles. The van der Waals surface area contributed by atoms with E-state index in [9.17, 15) is 5.11 Å². The van der Waals surface area contributed by atoms with Crippen molar-refractivity contribution in [3.05, 3.63) is 59.7 Å². The van der Waals surface area contributed by atoms with Gasteiger partial charge in [0.15, 0.2) is 0 Å². The maximum absolute atomic E-state index is 12.4. The third kappa shape index (κ3) is 3.61. The number of fused-ring (bicyclic) bond motifs is 2. The normalized spacial score (nSPS) is 25.6. The molecule has 0 radical (unpaired) electrons. The molecule has 30 heavy (non-hydrogen) atoms. The molecule has 0 amide bonds. The van der Waals surface area contributed by atoms with E-state index in [0.29, 0.717) is 24.4 Å². The number of hydrogen-bond donors (Lipinski definition) is 1. The SMILES string of the molecule is COc1ccccc1C(O)(CC1CC2CCCC(C1)[N+]2(C)C)c1ccccc1OC. The highest BCUT2D eigenvalue weighted by molar-refractivity contribution is 5.49. The van der Waals surface area contributed by atoms with E-state index in [0.717, 1.165) is 40.0 Å². The van der Waals surface area contributed by atoms with Crippen molar-refractivity contribution >= 4 is 0 Å². The van der Waals surface area contributed by atoms with Gasteiger partial charge in [0.2, 0.25) is 0 Å². The Morgan fingerprint density at radius 2 is 1.33 bits per heavy atom. The summed E-state index contributed by atoms with van der Waals surface area (Å²) in [6, 6.07) is 17.1. The van der Waals surface area contributed by atoms with Crippen molar-refractivity contribution in [1.82, 2.24) is 0 Å². The highest BCUT2D eigenvalue weighted by Gasteiger charge is 2.49. The summed E-state index contributed by atoms with van der Waals surface area (Å²) in [6.07, 6.45) is 6.93. The molecule has 4 nitrogen and oxygen atoms in total. The number of benzene rings is 2. The Morgan fingerprint density at radius 3 is 1.80 bits per heavy atom. The van der Waals surface area contributed by atoms with Gasteiger partial charge in [0.1, 0.15) is 17.1 Å². The van der Waals surface area contributed by atoms with Crippen LogP contribution in [0, 0.1) is 5.92 Å². The summed E-state index contributed by atoms with van der Waals surface area (Å²) in [4.78, 5) is 0. The van der Waals surface area contributed by atoms with Crippen molar-refractivity contribution in [2.45, 2.75) is 56.2 Å². The van der Waals surface area contributed by atoms with Crippen LogP contribution in [0.1, 0.15) is 49.7 Å². The fraction of sp³-hybridized carbons (Fsp3) is 0.538. The van der Waals surface area contributed by atoms with Gasteiger partial charge in [-0.2, -0.15) is 0 Å².